The monoisotopic (exact) mass is 300 g/mol. The Hall–Kier alpha value is -1.51. The Morgan fingerprint density at radius 3 is 2.48 bits per heavy atom. The SMILES string of the molecule is CN1CC[C@@H]2[C@@H](C1)c1ccccc1N2c1ccccc1.Cl. The molecule has 2 aliphatic heterocycles. The smallest absolute Gasteiger partial charge is 0.0450 e. The molecule has 1 saturated heterocycles. The molecule has 2 aromatic carbocycles. The van der Waals surface area contributed by atoms with Crippen molar-refractivity contribution in [2.24, 2.45) is 0 Å². The highest BCUT2D eigenvalue weighted by Crippen LogP contribution is 2.47. The minimum Gasteiger partial charge on any atom is -0.337 e. The van der Waals surface area contributed by atoms with Gasteiger partial charge in [-0.15, -0.1) is 12.4 Å². The number of benzene rings is 2. The molecule has 2 nitrogen and oxygen atoms in total. The summed E-state index contributed by atoms with van der Waals surface area (Å²) in [6.45, 7) is 2.36. The zero-order valence-electron chi connectivity index (χ0n) is 12.3. The molecule has 3 heteroatoms. The zero-order chi connectivity index (χ0) is 13.5. The average Bonchev–Trinajstić information content (AvgIpc) is 2.82. The van der Waals surface area contributed by atoms with Crippen molar-refractivity contribution in [2.75, 3.05) is 25.0 Å². The normalized spacial score (nSPS) is 24.1. The van der Waals surface area contributed by atoms with Gasteiger partial charge in [0.15, 0.2) is 0 Å². The van der Waals surface area contributed by atoms with E-state index in [0.29, 0.717) is 12.0 Å². The molecule has 110 valence electrons. The molecular formula is C18H21ClN2. The summed E-state index contributed by atoms with van der Waals surface area (Å²) in [5.41, 5.74) is 4.26. The fraction of sp³-hybridized carbons (Fsp3) is 0.333. The summed E-state index contributed by atoms with van der Waals surface area (Å²) in [6.07, 6.45) is 1.24. The van der Waals surface area contributed by atoms with Crippen LogP contribution in [-0.2, 0) is 0 Å². The first-order valence-corrected chi connectivity index (χ1v) is 7.46. The molecule has 0 amide bonds. The molecule has 1 fully saturated rings. The summed E-state index contributed by atoms with van der Waals surface area (Å²) in [5, 5.41) is 0. The van der Waals surface area contributed by atoms with Crippen LogP contribution < -0.4 is 4.90 Å². The topological polar surface area (TPSA) is 6.48 Å². The Balaban J connectivity index is 0.00000132. The third-order valence-corrected chi connectivity index (χ3v) is 4.74. The second kappa shape index (κ2) is 5.70. The lowest BCUT2D eigenvalue weighted by molar-refractivity contribution is 0.236. The zero-order valence-corrected chi connectivity index (χ0v) is 13.1. The van der Waals surface area contributed by atoms with Crippen molar-refractivity contribution in [3.63, 3.8) is 0 Å². The van der Waals surface area contributed by atoms with E-state index in [1.165, 1.54) is 36.4 Å². The molecule has 0 aromatic heterocycles. The number of piperidine rings is 1. The molecule has 0 spiro atoms. The Labute approximate surface area is 132 Å². The Morgan fingerprint density at radius 2 is 1.67 bits per heavy atom. The Kier molecular flexibility index (Phi) is 3.92. The van der Waals surface area contributed by atoms with E-state index in [1.54, 1.807) is 0 Å². The predicted octanol–water partition coefficient (Wildman–Crippen LogP) is 4.05. The van der Waals surface area contributed by atoms with E-state index in [1.807, 2.05) is 0 Å². The number of nitrogens with zero attached hydrogens (tertiary/aromatic N) is 2. The van der Waals surface area contributed by atoms with E-state index in [0.717, 1.165) is 0 Å². The van der Waals surface area contributed by atoms with Crippen molar-refractivity contribution in [3.8, 4) is 0 Å². The summed E-state index contributed by atoms with van der Waals surface area (Å²) in [5.74, 6) is 0.644. The minimum absolute atomic E-state index is 0. The molecule has 2 aliphatic rings. The third kappa shape index (κ3) is 2.33. The Morgan fingerprint density at radius 1 is 0.952 bits per heavy atom. The number of halogens is 1. The second-order valence-electron chi connectivity index (χ2n) is 5.99. The molecular weight excluding hydrogens is 280 g/mol. The summed E-state index contributed by atoms with van der Waals surface area (Å²) < 4.78 is 0. The minimum atomic E-state index is 0. The van der Waals surface area contributed by atoms with E-state index < -0.39 is 0 Å². The maximum atomic E-state index is 2.56. The van der Waals surface area contributed by atoms with Gasteiger partial charge in [-0.1, -0.05) is 36.4 Å². The van der Waals surface area contributed by atoms with E-state index in [-0.39, 0.29) is 12.4 Å². The molecule has 0 unspecified atom stereocenters. The number of anilines is 2. The van der Waals surface area contributed by atoms with Crippen LogP contribution in [0.1, 0.15) is 17.9 Å². The average molecular weight is 301 g/mol. The van der Waals surface area contributed by atoms with Crippen molar-refractivity contribution in [2.45, 2.75) is 18.4 Å². The lowest BCUT2D eigenvalue weighted by Crippen LogP contribution is -2.43. The maximum Gasteiger partial charge on any atom is 0.0450 e. The quantitative estimate of drug-likeness (QED) is 0.784. The van der Waals surface area contributed by atoms with Crippen molar-refractivity contribution >= 4 is 23.8 Å². The van der Waals surface area contributed by atoms with Gasteiger partial charge in [-0.05, 0) is 43.8 Å². The van der Waals surface area contributed by atoms with Gasteiger partial charge in [-0.25, -0.2) is 0 Å². The second-order valence-corrected chi connectivity index (χ2v) is 5.99. The van der Waals surface area contributed by atoms with E-state index in [4.69, 9.17) is 0 Å². The molecule has 0 radical (unpaired) electrons. The number of fused-ring (bicyclic) bond motifs is 3. The fourth-order valence-electron chi connectivity index (χ4n) is 3.84. The molecule has 0 saturated carbocycles. The number of para-hydroxylation sites is 2. The van der Waals surface area contributed by atoms with Gasteiger partial charge >= 0.3 is 0 Å². The summed E-state index contributed by atoms with van der Waals surface area (Å²) in [6, 6.07) is 20.4. The van der Waals surface area contributed by atoms with Crippen LogP contribution in [0.15, 0.2) is 54.6 Å². The van der Waals surface area contributed by atoms with Crippen LogP contribution in [-0.4, -0.2) is 31.1 Å². The van der Waals surface area contributed by atoms with Gasteiger partial charge in [0, 0.05) is 29.9 Å². The van der Waals surface area contributed by atoms with E-state index in [9.17, 15) is 0 Å². The van der Waals surface area contributed by atoms with Gasteiger partial charge in [0.2, 0.25) is 0 Å². The molecule has 0 bridgehead atoms. The van der Waals surface area contributed by atoms with Crippen molar-refractivity contribution in [3.05, 3.63) is 60.2 Å². The van der Waals surface area contributed by atoms with E-state index >= 15 is 0 Å². The number of hydrogen-bond acceptors (Lipinski definition) is 2. The number of likely N-dealkylation sites (N-methyl/N-ethyl adjacent to an activating group) is 1. The lowest BCUT2D eigenvalue weighted by atomic mass is 9.89. The van der Waals surface area contributed by atoms with Gasteiger partial charge in [-0.3, -0.25) is 0 Å². The van der Waals surface area contributed by atoms with Crippen LogP contribution in [0.25, 0.3) is 0 Å². The number of likely N-dealkylation sites (tertiary alicyclic amines) is 1. The van der Waals surface area contributed by atoms with Crippen LogP contribution >= 0.6 is 12.4 Å². The van der Waals surface area contributed by atoms with Gasteiger partial charge in [0.1, 0.15) is 0 Å². The molecule has 0 N–H and O–H groups in total. The van der Waals surface area contributed by atoms with Crippen molar-refractivity contribution < 1.29 is 0 Å². The van der Waals surface area contributed by atoms with Gasteiger partial charge in [0.05, 0.1) is 0 Å². The molecule has 0 aliphatic carbocycles. The largest absolute Gasteiger partial charge is 0.337 e. The standard InChI is InChI=1S/C18H20N2.ClH/c1-19-12-11-18-16(13-19)15-9-5-6-10-17(15)20(18)14-7-3-2-4-8-14;/h2-10,16,18H,11-13H2,1H3;1H/t16-,18+;/m0./s1. The molecule has 2 heterocycles. The first-order chi connectivity index (χ1) is 9.84. The van der Waals surface area contributed by atoms with Crippen LogP contribution in [0.5, 0.6) is 0 Å². The van der Waals surface area contributed by atoms with Gasteiger partial charge < -0.3 is 9.80 Å². The van der Waals surface area contributed by atoms with Crippen molar-refractivity contribution in [1.82, 2.24) is 4.90 Å². The predicted molar refractivity (Wildman–Crippen MR) is 90.9 cm³/mol. The van der Waals surface area contributed by atoms with Crippen molar-refractivity contribution in [1.29, 1.82) is 0 Å². The van der Waals surface area contributed by atoms with Crippen LogP contribution in [0, 0.1) is 0 Å². The molecule has 2 atom stereocenters. The summed E-state index contributed by atoms with van der Waals surface area (Å²) in [7, 11) is 2.24. The summed E-state index contributed by atoms with van der Waals surface area (Å²) in [4.78, 5) is 5.03. The fourth-order valence-corrected chi connectivity index (χ4v) is 3.84. The highest BCUT2D eigenvalue weighted by Gasteiger charge is 2.41. The third-order valence-electron chi connectivity index (χ3n) is 4.74. The van der Waals surface area contributed by atoms with Crippen LogP contribution in [0.2, 0.25) is 0 Å². The molecule has 21 heavy (non-hydrogen) atoms. The van der Waals surface area contributed by atoms with Gasteiger partial charge in [-0.2, -0.15) is 0 Å². The first kappa shape index (κ1) is 14.4. The number of hydrogen-bond donors (Lipinski definition) is 0. The van der Waals surface area contributed by atoms with Crippen LogP contribution in [0.4, 0.5) is 11.4 Å². The number of rotatable bonds is 1. The van der Waals surface area contributed by atoms with Crippen LogP contribution in [0.3, 0.4) is 0 Å². The van der Waals surface area contributed by atoms with E-state index in [2.05, 4.69) is 71.4 Å². The highest BCUT2D eigenvalue weighted by molar-refractivity contribution is 5.85. The lowest BCUT2D eigenvalue weighted by Gasteiger charge is -2.37. The first-order valence-electron chi connectivity index (χ1n) is 7.46. The summed E-state index contributed by atoms with van der Waals surface area (Å²) >= 11 is 0. The maximum absolute atomic E-state index is 2.56. The highest BCUT2D eigenvalue weighted by atomic mass is 35.5. The molecule has 4 rings (SSSR count). The Bertz CT molecular complexity index is 614. The molecule has 2 aromatic rings. The van der Waals surface area contributed by atoms with Gasteiger partial charge in [0.25, 0.3) is 0 Å².